The number of rotatable bonds is 29. The normalized spacial score (nSPS) is 15.1. The van der Waals surface area contributed by atoms with Crippen molar-refractivity contribution in [2.24, 2.45) is 0 Å². The van der Waals surface area contributed by atoms with Crippen LogP contribution in [0.15, 0.2) is 61.2 Å². The zero-order chi connectivity index (χ0) is 39.4. The van der Waals surface area contributed by atoms with Crippen molar-refractivity contribution < 1.29 is 47.6 Å². The van der Waals surface area contributed by atoms with E-state index in [9.17, 15) is 19.2 Å². The Kier molecular flexibility index (Phi) is 23.2. The van der Waals surface area contributed by atoms with Gasteiger partial charge in [-0.05, 0) is 144 Å². The zero-order valence-electron chi connectivity index (χ0n) is 33.1. The van der Waals surface area contributed by atoms with Crippen molar-refractivity contribution in [3.63, 3.8) is 0 Å². The van der Waals surface area contributed by atoms with E-state index < -0.39 is 5.97 Å². The molecule has 10 nitrogen and oxygen atoms in total. The molecule has 0 atom stereocenters. The van der Waals surface area contributed by atoms with Crippen molar-refractivity contribution >= 4 is 23.9 Å². The van der Waals surface area contributed by atoms with Gasteiger partial charge in [-0.25, -0.2) is 9.59 Å². The summed E-state index contributed by atoms with van der Waals surface area (Å²) in [5.74, 6) is 0.625. The van der Waals surface area contributed by atoms with E-state index in [4.69, 9.17) is 28.4 Å². The number of carbonyl (C=O) groups excluding carboxylic acids is 4. The van der Waals surface area contributed by atoms with E-state index in [0.29, 0.717) is 68.4 Å². The highest BCUT2D eigenvalue weighted by Crippen LogP contribution is 2.35. The van der Waals surface area contributed by atoms with E-state index in [1.165, 1.54) is 11.6 Å². The lowest BCUT2D eigenvalue weighted by Crippen LogP contribution is -2.21. The Morgan fingerprint density at radius 2 is 1.13 bits per heavy atom. The topological polar surface area (TPSA) is 124 Å². The summed E-state index contributed by atoms with van der Waals surface area (Å²) in [6, 6.07) is 14.9. The fraction of sp³-hybridized carbons (Fsp3) is 0.600. The highest BCUT2D eigenvalue weighted by molar-refractivity contribution is 5.91. The molecule has 1 fully saturated rings. The van der Waals surface area contributed by atoms with Gasteiger partial charge in [-0.2, -0.15) is 0 Å². The number of hydrogen-bond acceptors (Lipinski definition) is 10. The van der Waals surface area contributed by atoms with Crippen LogP contribution in [0, 0.1) is 0 Å². The molecule has 0 unspecified atom stereocenters. The van der Waals surface area contributed by atoms with Crippen LogP contribution in [0.4, 0.5) is 0 Å². The Morgan fingerprint density at radius 1 is 0.600 bits per heavy atom. The van der Waals surface area contributed by atoms with Crippen LogP contribution in [-0.2, 0) is 33.3 Å². The molecule has 1 saturated carbocycles. The molecule has 2 aromatic carbocycles. The molecule has 1 aliphatic carbocycles. The summed E-state index contributed by atoms with van der Waals surface area (Å²) in [6.07, 6.45) is 18.4. The second-order valence-electron chi connectivity index (χ2n) is 14.2. The fourth-order valence-corrected chi connectivity index (χ4v) is 6.40. The van der Waals surface area contributed by atoms with Crippen LogP contribution in [0.2, 0.25) is 0 Å². The second-order valence-corrected chi connectivity index (χ2v) is 14.2. The molecule has 0 aromatic heterocycles. The van der Waals surface area contributed by atoms with Crippen LogP contribution in [0.3, 0.4) is 0 Å². The van der Waals surface area contributed by atoms with E-state index in [1.54, 1.807) is 24.3 Å². The van der Waals surface area contributed by atoms with E-state index in [-0.39, 0.29) is 17.9 Å². The lowest BCUT2D eigenvalue weighted by atomic mass is 9.83. The van der Waals surface area contributed by atoms with Gasteiger partial charge in [-0.1, -0.05) is 38.5 Å². The first-order chi connectivity index (χ1) is 26.9. The molecule has 3 rings (SSSR count). The molecule has 1 aliphatic rings. The third-order valence-electron chi connectivity index (χ3n) is 9.72. The summed E-state index contributed by atoms with van der Waals surface area (Å²) in [5.41, 5.74) is 1.72. The highest BCUT2D eigenvalue weighted by Gasteiger charge is 2.23. The summed E-state index contributed by atoms with van der Waals surface area (Å²) in [6.45, 7) is 8.07. The summed E-state index contributed by atoms with van der Waals surface area (Å²) < 4.78 is 33.1. The standard InChI is InChI=1S/C45H64O10/c1-3-5-17-43(47)53-35-16-10-11-18-44(48)54-34-15-9-7-13-31-50-39-25-19-36(20-26-39)37-21-29-41(30-22-37)55-45(49)38-23-27-40(28-24-38)51-32-12-6-8-14-33-52-42(46)4-2/h4,21-24,27-30,36,39H,2-3,5-20,25-26,31-35H2,1H3. The van der Waals surface area contributed by atoms with Gasteiger partial charge in [0.2, 0.25) is 0 Å². The first-order valence-electron chi connectivity index (χ1n) is 20.6. The van der Waals surface area contributed by atoms with Crippen LogP contribution in [-0.4, -0.2) is 63.0 Å². The fourth-order valence-electron chi connectivity index (χ4n) is 6.40. The van der Waals surface area contributed by atoms with Crippen molar-refractivity contribution in [1.82, 2.24) is 0 Å². The van der Waals surface area contributed by atoms with E-state index >= 15 is 0 Å². The average Bonchev–Trinajstić information content (AvgIpc) is 3.21. The second kappa shape index (κ2) is 28.3. The van der Waals surface area contributed by atoms with Crippen molar-refractivity contribution in [1.29, 1.82) is 0 Å². The van der Waals surface area contributed by atoms with Gasteiger partial charge in [-0.3, -0.25) is 9.59 Å². The Labute approximate surface area is 328 Å². The van der Waals surface area contributed by atoms with Crippen molar-refractivity contribution in [3.05, 3.63) is 72.3 Å². The van der Waals surface area contributed by atoms with E-state index in [1.807, 2.05) is 19.1 Å². The molecule has 304 valence electrons. The summed E-state index contributed by atoms with van der Waals surface area (Å²) in [7, 11) is 0. The summed E-state index contributed by atoms with van der Waals surface area (Å²) in [4.78, 5) is 47.2. The Bertz CT molecular complexity index is 1380. The number of unbranched alkanes of at least 4 members (excludes halogenated alkanes) is 9. The van der Waals surface area contributed by atoms with Gasteiger partial charge in [0.25, 0.3) is 0 Å². The molecule has 0 aliphatic heterocycles. The molecule has 0 saturated heterocycles. The molecule has 0 spiro atoms. The quantitative estimate of drug-likeness (QED) is 0.0260. The van der Waals surface area contributed by atoms with Crippen molar-refractivity contribution in [3.8, 4) is 11.5 Å². The largest absolute Gasteiger partial charge is 0.494 e. The summed E-state index contributed by atoms with van der Waals surface area (Å²) >= 11 is 0. The van der Waals surface area contributed by atoms with Crippen LogP contribution >= 0.6 is 0 Å². The monoisotopic (exact) mass is 764 g/mol. The molecule has 0 amide bonds. The Hall–Kier alpha value is -4.18. The van der Waals surface area contributed by atoms with Crippen molar-refractivity contribution in [2.45, 2.75) is 141 Å². The first kappa shape index (κ1) is 45.2. The lowest BCUT2D eigenvalue weighted by Gasteiger charge is -2.29. The molecule has 0 heterocycles. The highest BCUT2D eigenvalue weighted by atomic mass is 16.5. The molecule has 2 aromatic rings. The molecule has 55 heavy (non-hydrogen) atoms. The molecular formula is C45H64O10. The lowest BCUT2D eigenvalue weighted by molar-refractivity contribution is -0.145. The summed E-state index contributed by atoms with van der Waals surface area (Å²) in [5, 5.41) is 0. The van der Waals surface area contributed by atoms with Crippen LogP contribution in [0.25, 0.3) is 0 Å². The minimum atomic E-state index is -0.407. The predicted octanol–water partition coefficient (Wildman–Crippen LogP) is 10.0. The molecule has 0 N–H and O–H groups in total. The van der Waals surface area contributed by atoms with E-state index in [0.717, 1.165) is 116 Å². The third-order valence-corrected chi connectivity index (χ3v) is 9.72. The predicted molar refractivity (Wildman–Crippen MR) is 212 cm³/mol. The minimum Gasteiger partial charge on any atom is -0.494 e. The van der Waals surface area contributed by atoms with Gasteiger partial charge in [-0.15, -0.1) is 0 Å². The van der Waals surface area contributed by atoms with Crippen LogP contribution in [0.5, 0.6) is 11.5 Å². The van der Waals surface area contributed by atoms with Crippen molar-refractivity contribution in [2.75, 3.05) is 33.0 Å². The van der Waals surface area contributed by atoms with Gasteiger partial charge >= 0.3 is 23.9 Å². The number of esters is 4. The Morgan fingerprint density at radius 3 is 1.73 bits per heavy atom. The van der Waals surface area contributed by atoms with Crippen LogP contribution in [0.1, 0.15) is 151 Å². The number of hydrogen-bond donors (Lipinski definition) is 0. The minimum absolute atomic E-state index is 0.130. The van der Waals surface area contributed by atoms with E-state index in [2.05, 4.69) is 18.7 Å². The molecule has 0 bridgehead atoms. The van der Waals surface area contributed by atoms with Gasteiger partial charge < -0.3 is 28.4 Å². The average molecular weight is 765 g/mol. The smallest absolute Gasteiger partial charge is 0.343 e. The molecular weight excluding hydrogens is 700 g/mol. The van der Waals surface area contributed by atoms with Gasteiger partial charge in [0.1, 0.15) is 11.5 Å². The maximum Gasteiger partial charge on any atom is 0.343 e. The van der Waals surface area contributed by atoms with Gasteiger partial charge in [0.05, 0.1) is 38.1 Å². The van der Waals surface area contributed by atoms with Gasteiger partial charge in [0, 0.05) is 25.5 Å². The number of benzene rings is 2. The molecule has 10 heteroatoms. The third kappa shape index (κ3) is 20.4. The maximum atomic E-state index is 12.7. The van der Waals surface area contributed by atoms with Gasteiger partial charge in [0.15, 0.2) is 0 Å². The van der Waals surface area contributed by atoms with Crippen LogP contribution < -0.4 is 9.47 Å². The zero-order valence-corrected chi connectivity index (χ0v) is 33.1. The number of carbonyl (C=O) groups is 4. The Balaban J connectivity index is 1.17. The maximum absolute atomic E-state index is 12.7. The first-order valence-corrected chi connectivity index (χ1v) is 20.6. The SMILES string of the molecule is C=CC(=O)OCCCCCCOc1ccc(C(=O)Oc2ccc(C3CCC(OCCCCCCOC(=O)CCCCCOC(=O)CCCC)CC3)cc2)cc1. The molecule has 0 radical (unpaired) electrons. The number of ether oxygens (including phenoxy) is 6.